The summed E-state index contributed by atoms with van der Waals surface area (Å²) >= 11 is 0. The summed E-state index contributed by atoms with van der Waals surface area (Å²) in [5, 5.41) is 0. The second-order valence-electron chi connectivity index (χ2n) is 4.20. The molecule has 0 aromatic carbocycles. The monoisotopic (exact) mass is 205 g/mol. The second-order valence-corrected chi connectivity index (χ2v) is 6.18. The molecule has 13 heavy (non-hydrogen) atoms. The van der Waals surface area contributed by atoms with Crippen molar-refractivity contribution < 1.29 is 8.42 Å². The van der Waals surface area contributed by atoms with Crippen molar-refractivity contribution >= 4 is 10.0 Å². The predicted octanol–water partition coefficient (Wildman–Crippen LogP) is 1.31. The molecule has 0 aliphatic carbocycles. The lowest BCUT2D eigenvalue weighted by molar-refractivity contribution is 0.170. The van der Waals surface area contributed by atoms with Crippen LogP contribution in [0.4, 0.5) is 0 Å². The molecule has 78 valence electrons. The van der Waals surface area contributed by atoms with Gasteiger partial charge in [0.1, 0.15) is 0 Å². The molecule has 1 unspecified atom stereocenters. The summed E-state index contributed by atoms with van der Waals surface area (Å²) in [5.41, 5.74) is 0. The molecule has 0 bridgehead atoms. The fourth-order valence-electron chi connectivity index (χ4n) is 1.68. The van der Waals surface area contributed by atoms with Gasteiger partial charge in [-0.05, 0) is 18.3 Å². The van der Waals surface area contributed by atoms with E-state index in [4.69, 9.17) is 0 Å². The van der Waals surface area contributed by atoms with Crippen molar-refractivity contribution in [1.29, 1.82) is 0 Å². The van der Waals surface area contributed by atoms with Gasteiger partial charge in [-0.2, -0.15) is 0 Å². The van der Waals surface area contributed by atoms with Crippen LogP contribution in [0.1, 0.15) is 26.7 Å². The van der Waals surface area contributed by atoms with Crippen molar-refractivity contribution in [1.82, 2.24) is 4.31 Å². The summed E-state index contributed by atoms with van der Waals surface area (Å²) < 4.78 is 23.6. The van der Waals surface area contributed by atoms with Crippen molar-refractivity contribution in [2.45, 2.75) is 26.7 Å². The Hall–Kier alpha value is -0.0900. The lowest BCUT2D eigenvalue weighted by Crippen LogP contribution is -2.49. The SMILES string of the molecule is CCC(C)CC1CN(S(C)(=O)=O)C1. The van der Waals surface area contributed by atoms with Crippen LogP contribution in [-0.2, 0) is 10.0 Å². The van der Waals surface area contributed by atoms with E-state index in [-0.39, 0.29) is 0 Å². The zero-order valence-corrected chi connectivity index (χ0v) is 9.47. The molecule has 0 aromatic heterocycles. The normalized spacial score (nSPS) is 22.7. The summed E-state index contributed by atoms with van der Waals surface area (Å²) in [6.45, 7) is 5.88. The Morgan fingerprint density at radius 1 is 1.46 bits per heavy atom. The molecule has 0 aromatic rings. The molecule has 0 saturated carbocycles. The molecule has 1 saturated heterocycles. The van der Waals surface area contributed by atoms with Crippen molar-refractivity contribution in [3.63, 3.8) is 0 Å². The van der Waals surface area contributed by atoms with Crippen molar-refractivity contribution in [3.05, 3.63) is 0 Å². The molecule has 1 aliphatic heterocycles. The van der Waals surface area contributed by atoms with Gasteiger partial charge in [0, 0.05) is 13.1 Å². The maximum absolute atomic E-state index is 11.0. The van der Waals surface area contributed by atoms with Gasteiger partial charge in [0.2, 0.25) is 10.0 Å². The van der Waals surface area contributed by atoms with Crippen LogP contribution in [-0.4, -0.2) is 32.1 Å². The molecular weight excluding hydrogens is 186 g/mol. The molecule has 1 aliphatic rings. The van der Waals surface area contributed by atoms with Crippen molar-refractivity contribution in [3.8, 4) is 0 Å². The van der Waals surface area contributed by atoms with Gasteiger partial charge in [-0.25, -0.2) is 12.7 Å². The Labute approximate surface area is 81.2 Å². The molecule has 1 heterocycles. The van der Waals surface area contributed by atoms with Crippen LogP contribution in [0.5, 0.6) is 0 Å². The quantitative estimate of drug-likeness (QED) is 0.694. The molecule has 0 radical (unpaired) electrons. The average molecular weight is 205 g/mol. The molecule has 0 amide bonds. The minimum absolute atomic E-state index is 0.602. The highest BCUT2D eigenvalue weighted by Gasteiger charge is 2.33. The lowest BCUT2D eigenvalue weighted by Gasteiger charge is -2.38. The first-order valence-corrected chi connectivity index (χ1v) is 6.73. The van der Waals surface area contributed by atoms with Gasteiger partial charge in [0.15, 0.2) is 0 Å². The third kappa shape index (κ3) is 2.95. The Bertz CT molecular complexity index is 255. The fourth-order valence-corrected chi connectivity index (χ4v) is 2.64. The summed E-state index contributed by atoms with van der Waals surface area (Å²) in [4.78, 5) is 0. The van der Waals surface area contributed by atoms with E-state index in [9.17, 15) is 8.42 Å². The zero-order valence-electron chi connectivity index (χ0n) is 8.66. The topological polar surface area (TPSA) is 37.4 Å². The van der Waals surface area contributed by atoms with Crippen LogP contribution in [0, 0.1) is 11.8 Å². The molecule has 4 heteroatoms. The van der Waals surface area contributed by atoms with Gasteiger partial charge in [-0.15, -0.1) is 0 Å². The number of sulfonamides is 1. The van der Waals surface area contributed by atoms with E-state index in [1.54, 1.807) is 4.31 Å². The first-order valence-electron chi connectivity index (χ1n) is 4.88. The predicted molar refractivity (Wildman–Crippen MR) is 54.0 cm³/mol. The minimum Gasteiger partial charge on any atom is -0.213 e. The van der Waals surface area contributed by atoms with E-state index < -0.39 is 10.0 Å². The van der Waals surface area contributed by atoms with E-state index in [0.717, 1.165) is 19.0 Å². The third-order valence-electron chi connectivity index (χ3n) is 2.83. The Morgan fingerprint density at radius 3 is 2.38 bits per heavy atom. The summed E-state index contributed by atoms with van der Waals surface area (Å²) in [5.74, 6) is 1.33. The van der Waals surface area contributed by atoms with E-state index in [2.05, 4.69) is 13.8 Å². The highest BCUT2D eigenvalue weighted by Crippen LogP contribution is 2.25. The largest absolute Gasteiger partial charge is 0.213 e. The smallest absolute Gasteiger partial charge is 0.211 e. The van der Waals surface area contributed by atoms with Crippen LogP contribution in [0.2, 0.25) is 0 Å². The fraction of sp³-hybridized carbons (Fsp3) is 1.00. The average Bonchev–Trinajstić information content (AvgIpc) is 1.92. The van der Waals surface area contributed by atoms with E-state index >= 15 is 0 Å². The third-order valence-corrected chi connectivity index (χ3v) is 4.06. The van der Waals surface area contributed by atoms with Gasteiger partial charge in [-0.3, -0.25) is 0 Å². The number of nitrogens with zero attached hydrogens (tertiary/aromatic N) is 1. The van der Waals surface area contributed by atoms with E-state index in [0.29, 0.717) is 5.92 Å². The minimum atomic E-state index is -2.91. The van der Waals surface area contributed by atoms with Gasteiger partial charge in [0.25, 0.3) is 0 Å². The molecule has 1 atom stereocenters. The van der Waals surface area contributed by atoms with Crippen LogP contribution in [0.25, 0.3) is 0 Å². The first-order chi connectivity index (χ1) is 5.93. The maximum Gasteiger partial charge on any atom is 0.211 e. The van der Waals surface area contributed by atoms with E-state index in [1.807, 2.05) is 0 Å². The van der Waals surface area contributed by atoms with Crippen LogP contribution in [0.15, 0.2) is 0 Å². The first kappa shape index (κ1) is 11.0. The Morgan fingerprint density at radius 2 is 2.00 bits per heavy atom. The van der Waals surface area contributed by atoms with Gasteiger partial charge in [0.05, 0.1) is 6.26 Å². The van der Waals surface area contributed by atoms with Gasteiger partial charge >= 0.3 is 0 Å². The standard InChI is InChI=1S/C9H19NO2S/c1-4-8(2)5-9-6-10(7-9)13(3,11)12/h8-9H,4-7H2,1-3H3. The maximum atomic E-state index is 11.0. The Balaban J connectivity index is 2.27. The van der Waals surface area contributed by atoms with Gasteiger partial charge < -0.3 is 0 Å². The van der Waals surface area contributed by atoms with Crippen LogP contribution in [0.3, 0.4) is 0 Å². The van der Waals surface area contributed by atoms with Crippen LogP contribution < -0.4 is 0 Å². The molecule has 0 spiro atoms. The Kier molecular flexibility index (Phi) is 3.35. The summed E-state index contributed by atoms with van der Waals surface area (Å²) in [6.07, 6.45) is 3.64. The molecule has 0 N–H and O–H groups in total. The van der Waals surface area contributed by atoms with Crippen LogP contribution >= 0.6 is 0 Å². The molecular formula is C9H19NO2S. The molecule has 1 rings (SSSR count). The molecule has 3 nitrogen and oxygen atoms in total. The molecule has 1 fully saturated rings. The van der Waals surface area contributed by atoms with E-state index in [1.165, 1.54) is 19.1 Å². The number of hydrogen-bond acceptors (Lipinski definition) is 2. The summed E-state index contributed by atoms with van der Waals surface area (Å²) in [7, 11) is -2.91. The van der Waals surface area contributed by atoms with Gasteiger partial charge in [-0.1, -0.05) is 20.3 Å². The highest BCUT2D eigenvalue weighted by atomic mass is 32.2. The van der Waals surface area contributed by atoms with Crippen molar-refractivity contribution in [2.75, 3.05) is 19.3 Å². The number of rotatable bonds is 4. The number of hydrogen-bond donors (Lipinski definition) is 0. The lowest BCUT2D eigenvalue weighted by atomic mass is 9.90. The van der Waals surface area contributed by atoms with Crippen molar-refractivity contribution in [2.24, 2.45) is 11.8 Å². The summed E-state index contributed by atoms with van der Waals surface area (Å²) in [6, 6.07) is 0. The zero-order chi connectivity index (χ0) is 10.1. The highest BCUT2D eigenvalue weighted by molar-refractivity contribution is 7.88. The second kappa shape index (κ2) is 3.96.